The molecule has 0 spiro atoms. The Balaban J connectivity index is 2.09. The Bertz CT molecular complexity index is 549. The Morgan fingerprint density at radius 2 is 1.50 bits per heavy atom. The molecule has 1 unspecified atom stereocenters. The highest BCUT2D eigenvalue weighted by Gasteiger charge is 2.14. The van der Waals surface area contributed by atoms with Crippen LogP contribution in [0.5, 0.6) is 0 Å². The van der Waals surface area contributed by atoms with Gasteiger partial charge in [0.05, 0.1) is 0 Å². The van der Waals surface area contributed by atoms with E-state index in [0.29, 0.717) is 0 Å². The zero-order chi connectivity index (χ0) is 14.8. The van der Waals surface area contributed by atoms with Crippen molar-refractivity contribution in [1.29, 1.82) is 0 Å². The van der Waals surface area contributed by atoms with Crippen LogP contribution in [0.4, 0.5) is 0 Å². The summed E-state index contributed by atoms with van der Waals surface area (Å²) in [6.07, 6.45) is 0.825. The Kier molecular flexibility index (Phi) is 4.52. The highest BCUT2D eigenvalue weighted by molar-refractivity contribution is 6.30. The summed E-state index contributed by atoms with van der Waals surface area (Å²) in [6.45, 7) is 6.65. The molecule has 0 aromatic heterocycles. The lowest BCUT2D eigenvalue weighted by molar-refractivity contribution is 0.589. The van der Waals surface area contributed by atoms with Crippen LogP contribution in [-0.2, 0) is 11.8 Å². The predicted octanol–water partition coefficient (Wildman–Crippen LogP) is 4.88. The molecular weight excluding hydrogens is 266 g/mol. The first-order valence-electron chi connectivity index (χ1n) is 6.97. The van der Waals surface area contributed by atoms with E-state index in [-0.39, 0.29) is 11.5 Å². The van der Waals surface area contributed by atoms with Gasteiger partial charge in [0.2, 0.25) is 0 Å². The van der Waals surface area contributed by atoms with E-state index in [1.165, 1.54) is 16.7 Å². The van der Waals surface area contributed by atoms with Crippen LogP contribution in [0.2, 0.25) is 5.02 Å². The average Bonchev–Trinajstić information content (AvgIpc) is 2.40. The number of nitrogens with two attached hydrogens (primary N) is 1. The van der Waals surface area contributed by atoms with Crippen molar-refractivity contribution in [2.75, 3.05) is 0 Å². The minimum atomic E-state index is 0.0187. The van der Waals surface area contributed by atoms with Gasteiger partial charge >= 0.3 is 0 Å². The molecule has 0 amide bonds. The van der Waals surface area contributed by atoms with E-state index in [2.05, 4.69) is 45.0 Å². The van der Waals surface area contributed by atoms with Crippen LogP contribution < -0.4 is 5.73 Å². The number of hydrogen-bond acceptors (Lipinski definition) is 1. The number of halogens is 1. The van der Waals surface area contributed by atoms with Crippen molar-refractivity contribution in [2.24, 2.45) is 5.73 Å². The van der Waals surface area contributed by atoms with Crippen LogP contribution in [-0.4, -0.2) is 0 Å². The van der Waals surface area contributed by atoms with Crippen molar-refractivity contribution >= 4 is 11.6 Å². The van der Waals surface area contributed by atoms with E-state index in [0.717, 1.165) is 11.4 Å². The van der Waals surface area contributed by atoms with Gasteiger partial charge in [0.1, 0.15) is 0 Å². The lowest BCUT2D eigenvalue weighted by Gasteiger charge is -2.20. The molecule has 20 heavy (non-hydrogen) atoms. The molecule has 2 rings (SSSR count). The minimum absolute atomic E-state index is 0.0187. The van der Waals surface area contributed by atoms with Gasteiger partial charge < -0.3 is 5.73 Å². The molecule has 1 atom stereocenters. The van der Waals surface area contributed by atoms with Gasteiger partial charge in [-0.25, -0.2) is 0 Å². The van der Waals surface area contributed by atoms with Crippen molar-refractivity contribution in [3.8, 4) is 0 Å². The standard InChI is InChI=1S/C18H22ClN/c1-18(2,3)15-8-6-14(7-9-15)17(20)12-13-4-10-16(19)11-5-13/h4-11,17H,12,20H2,1-3H3. The van der Waals surface area contributed by atoms with Crippen molar-refractivity contribution < 1.29 is 0 Å². The van der Waals surface area contributed by atoms with Crippen molar-refractivity contribution in [2.45, 2.75) is 38.6 Å². The summed E-state index contributed by atoms with van der Waals surface area (Å²) in [5.41, 5.74) is 10.2. The largest absolute Gasteiger partial charge is 0.324 e. The van der Waals surface area contributed by atoms with Crippen molar-refractivity contribution in [1.82, 2.24) is 0 Å². The zero-order valence-electron chi connectivity index (χ0n) is 12.4. The second-order valence-corrected chi connectivity index (χ2v) is 6.75. The van der Waals surface area contributed by atoms with Gasteiger partial charge in [-0.05, 0) is 40.7 Å². The zero-order valence-corrected chi connectivity index (χ0v) is 13.1. The molecule has 0 heterocycles. The Labute approximate surface area is 126 Å². The number of hydrogen-bond donors (Lipinski definition) is 1. The first-order valence-corrected chi connectivity index (χ1v) is 7.34. The molecule has 0 bridgehead atoms. The van der Waals surface area contributed by atoms with Gasteiger partial charge in [-0.3, -0.25) is 0 Å². The highest BCUT2D eigenvalue weighted by atomic mass is 35.5. The predicted molar refractivity (Wildman–Crippen MR) is 87.2 cm³/mol. The van der Waals surface area contributed by atoms with Crippen LogP contribution in [0.25, 0.3) is 0 Å². The van der Waals surface area contributed by atoms with Gasteiger partial charge in [-0.2, -0.15) is 0 Å². The molecule has 0 saturated carbocycles. The smallest absolute Gasteiger partial charge is 0.0406 e. The fraction of sp³-hybridized carbons (Fsp3) is 0.333. The maximum Gasteiger partial charge on any atom is 0.0406 e. The molecule has 1 nitrogen and oxygen atoms in total. The first kappa shape index (κ1) is 15.1. The van der Waals surface area contributed by atoms with Crippen molar-refractivity contribution in [3.05, 3.63) is 70.2 Å². The Morgan fingerprint density at radius 3 is 2.00 bits per heavy atom. The quantitative estimate of drug-likeness (QED) is 0.855. The second-order valence-electron chi connectivity index (χ2n) is 6.31. The molecule has 0 radical (unpaired) electrons. The molecular formula is C18H22ClN. The topological polar surface area (TPSA) is 26.0 Å². The second kappa shape index (κ2) is 5.99. The fourth-order valence-corrected chi connectivity index (χ4v) is 2.35. The minimum Gasteiger partial charge on any atom is -0.324 e. The SMILES string of the molecule is CC(C)(C)c1ccc(C(N)Cc2ccc(Cl)cc2)cc1. The van der Waals surface area contributed by atoms with Gasteiger partial charge in [-0.1, -0.05) is 68.8 Å². The molecule has 2 aromatic rings. The Hall–Kier alpha value is -1.31. The summed E-state index contributed by atoms with van der Waals surface area (Å²) in [5, 5.41) is 0.761. The molecule has 106 valence electrons. The van der Waals surface area contributed by atoms with E-state index in [1.807, 2.05) is 24.3 Å². The third-order valence-corrected chi connectivity index (χ3v) is 3.83. The van der Waals surface area contributed by atoms with E-state index < -0.39 is 0 Å². The lowest BCUT2D eigenvalue weighted by Crippen LogP contribution is -2.15. The average molecular weight is 288 g/mol. The van der Waals surface area contributed by atoms with Crippen LogP contribution >= 0.6 is 11.6 Å². The lowest BCUT2D eigenvalue weighted by atomic mass is 9.86. The number of benzene rings is 2. The monoisotopic (exact) mass is 287 g/mol. The Morgan fingerprint density at radius 1 is 0.950 bits per heavy atom. The summed E-state index contributed by atoms with van der Waals surface area (Å²) < 4.78 is 0. The highest BCUT2D eigenvalue weighted by Crippen LogP contribution is 2.24. The van der Waals surface area contributed by atoms with Gasteiger partial charge in [0, 0.05) is 11.1 Å². The molecule has 0 aliphatic carbocycles. The molecule has 0 aliphatic heterocycles. The summed E-state index contributed by atoms with van der Waals surface area (Å²) in [5.74, 6) is 0. The van der Waals surface area contributed by atoms with Crippen LogP contribution in [0.3, 0.4) is 0 Å². The summed E-state index contributed by atoms with van der Waals surface area (Å²) in [4.78, 5) is 0. The van der Waals surface area contributed by atoms with E-state index in [4.69, 9.17) is 17.3 Å². The third kappa shape index (κ3) is 3.84. The van der Waals surface area contributed by atoms with Crippen LogP contribution in [0.1, 0.15) is 43.5 Å². The van der Waals surface area contributed by atoms with E-state index in [9.17, 15) is 0 Å². The molecule has 0 saturated heterocycles. The molecule has 2 aromatic carbocycles. The van der Waals surface area contributed by atoms with Gasteiger partial charge in [0.15, 0.2) is 0 Å². The third-order valence-electron chi connectivity index (χ3n) is 3.57. The molecule has 2 N–H and O–H groups in total. The van der Waals surface area contributed by atoms with Gasteiger partial charge in [-0.15, -0.1) is 0 Å². The normalized spacial score (nSPS) is 13.2. The van der Waals surface area contributed by atoms with E-state index in [1.54, 1.807) is 0 Å². The maximum atomic E-state index is 6.29. The fourth-order valence-electron chi connectivity index (χ4n) is 2.22. The summed E-state index contributed by atoms with van der Waals surface area (Å²) >= 11 is 5.89. The summed E-state index contributed by atoms with van der Waals surface area (Å²) in [7, 11) is 0. The molecule has 2 heteroatoms. The van der Waals surface area contributed by atoms with Crippen LogP contribution in [0, 0.1) is 0 Å². The maximum absolute atomic E-state index is 6.29. The molecule has 0 fully saturated rings. The first-order chi connectivity index (χ1) is 9.36. The number of rotatable bonds is 3. The van der Waals surface area contributed by atoms with E-state index >= 15 is 0 Å². The van der Waals surface area contributed by atoms with Crippen molar-refractivity contribution in [3.63, 3.8) is 0 Å². The van der Waals surface area contributed by atoms with Crippen LogP contribution in [0.15, 0.2) is 48.5 Å². The van der Waals surface area contributed by atoms with Gasteiger partial charge in [0.25, 0.3) is 0 Å². The summed E-state index contributed by atoms with van der Waals surface area (Å²) in [6, 6.07) is 16.5. The molecule has 0 aliphatic rings.